The lowest BCUT2D eigenvalue weighted by Crippen LogP contribution is -2.48. The van der Waals surface area contributed by atoms with Crippen LogP contribution in [0.25, 0.3) is 0 Å². The number of piperidine rings is 1. The van der Waals surface area contributed by atoms with Gasteiger partial charge in [-0.25, -0.2) is 4.39 Å². The number of amides is 2. The fraction of sp³-hybridized carbons (Fsp3) is 0.429. The molecular weight excluding hydrogens is 327 g/mol. The van der Waals surface area contributed by atoms with Crippen LogP contribution in [0.1, 0.15) is 30.1 Å². The summed E-state index contributed by atoms with van der Waals surface area (Å²) >= 11 is 3.20. The van der Waals surface area contributed by atoms with Crippen LogP contribution in [-0.4, -0.2) is 29.3 Å². The molecule has 0 aliphatic carbocycles. The van der Waals surface area contributed by atoms with E-state index in [2.05, 4.69) is 15.9 Å². The zero-order chi connectivity index (χ0) is 14.9. The standard InChI is InChI=1S/C14H16BrFN2O2/c1-8-5-6-9(13(17)19)7-18(8)14(20)12-10(15)3-2-4-11(12)16/h2-4,8-9H,5-7H2,1H3,(H2,17,19). The van der Waals surface area contributed by atoms with Gasteiger partial charge in [0, 0.05) is 17.1 Å². The molecule has 2 amide bonds. The van der Waals surface area contributed by atoms with Gasteiger partial charge < -0.3 is 10.6 Å². The fourth-order valence-corrected chi connectivity index (χ4v) is 2.98. The van der Waals surface area contributed by atoms with Crippen molar-refractivity contribution >= 4 is 27.7 Å². The first-order chi connectivity index (χ1) is 9.41. The number of hydrogen-bond acceptors (Lipinski definition) is 2. The molecule has 108 valence electrons. The summed E-state index contributed by atoms with van der Waals surface area (Å²) in [5.41, 5.74) is 5.32. The van der Waals surface area contributed by atoms with E-state index in [0.29, 0.717) is 17.3 Å². The molecule has 1 aliphatic rings. The largest absolute Gasteiger partial charge is 0.369 e. The van der Waals surface area contributed by atoms with Gasteiger partial charge in [-0.3, -0.25) is 9.59 Å². The van der Waals surface area contributed by atoms with Gasteiger partial charge in [-0.1, -0.05) is 6.07 Å². The minimum Gasteiger partial charge on any atom is -0.369 e. The van der Waals surface area contributed by atoms with E-state index in [0.717, 1.165) is 0 Å². The predicted molar refractivity (Wildman–Crippen MR) is 76.5 cm³/mol. The van der Waals surface area contributed by atoms with Crippen LogP contribution >= 0.6 is 15.9 Å². The van der Waals surface area contributed by atoms with Crippen molar-refractivity contribution in [3.63, 3.8) is 0 Å². The van der Waals surface area contributed by atoms with Crippen LogP contribution in [0.15, 0.2) is 22.7 Å². The molecule has 2 atom stereocenters. The summed E-state index contributed by atoms with van der Waals surface area (Å²) < 4.78 is 14.3. The van der Waals surface area contributed by atoms with E-state index < -0.39 is 17.6 Å². The maximum atomic E-state index is 13.9. The number of primary amides is 1. The van der Waals surface area contributed by atoms with Gasteiger partial charge in [0.15, 0.2) is 0 Å². The number of carbonyl (C=O) groups excluding carboxylic acids is 2. The van der Waals surface area contributed by atoms with Gasteiger partial charge in [0.05, 0.1) is 11.5 Å². The zero-order valence-corrected chi connectivity index (χ0v) is 12.7. The van der Waals surface area contributed by atoms with E-state index in [1.165, 1.54) is 17.0 Å². The average Bonchev–Trinajstić information content (AvgIpc) is 2.38. The van der Waals surface area contributed by atoms with Crippen molar-refractivity contribution in [3.8, 4) is 0 Å². The van der Waals surface area contributed by atoms with Gasteiger partial charge in [-0.05, 0) is 47.8 Å². The lowest BCUT2D eigenvalue weighted by Gasteiger charge is -2.37. The number of nitrogens with zero attached hydrogens (tertiary/aromatic N) is 1. The molecule has 0 aromatic heterocycles. The number of halogens is 2. The highest BCUT2D eigenvalue weighted by molar-refractivity contribution is 9.10. The van der Waals surface area contributed by atoms with Gasteiger partial charge >= 0.3 is 0 Å². The molecule has 6 heteroatoms. The molecule has 20 heavy (non-hydrogen) atoms. The van der Waals surface area contributed by atoms with Gasteiger partial charge in [-0.2, -0.15) is 0 Å². The lowest BCUT2D eigenvalue weighted by molar-refractivity contribution is -0.123. The number of rotatable bonds is 2. The zero-order valence-electron chi connectivity index (χ0n) is 11.1. The Morgan fingerprint density at radius 3 is 2.70 bits per heavy atom. The molecule has 0 saturated carbocycles. The van der Waals surface area contributed by atoms with Gasteiger partial charge in [0.1, 0.15) is 5.82 Å². The quantitative estimate of drug-likeness (QED) is 0.896. The Balaban J connectivity index is 2.29. The summed E-state index contributed by atoms with van der Waals surface area (Å²) in [5, 5.41) is 0. The summed E-state index contributed by atoms with van der Waals surface area (Å²) in [4.78, 5) is 25.4. The summed E-state index contributed by atoms with van der Waals surface area (Å²) in [7, 11) is 0. The van der Waals surface area contributed by atoms with Crippen LogP contribution in [0.3, 0.4) is 0 Å². The molecule has 1 saturated heterocycles. The van der Waals surface area contributed by atoms with Crippen molar-refractivity contribution in [1.29, 1.82) is 0 Å². The van der Waals surface area contributed by atoms with Crippen molar-refractivity contribution in [1.82, 2.24) is 4.90 Å². The fourth-order valence-electron chi connectivity index (χ4n) is 2.47. The number of benzene rings is 1. The van der Waals surface area contributed by atoms with E-state index in [-0.39, 0.29) is 24.1 Å². The first kappa shape index (κ1) is 15.0. The van der Waals surface area contributed by atoms with Crippen molar-refractivity contribution in [2.75, 3.05) is 6.54 Å². The molecule has 1 fully saturated rings. The third-order valence-corrected chi connectivity index (χ3v) is 4.38. The molecule has 1 aliphatic heterocycles. The van der Waals surface area contributed by atoms with E-state index in [1.807, 2.05) is 6.92 Å². The average molecular weight is 343 g/mol. The van der Waals surface area contributed by atoms with Gasteiger partial charge in [0.2, 0.25) is 5.91 Å². The normalized spacial score (nSPS) is 22.6. The minimum absolute atomic E-state index is 0.00414. The Labute approximate surface area is 125 Å². The van der Waals surface area contributed by atoms with Crippen LogP contribution in [0, 0.1) is 11.7 Å². The predicted octanol–water partition coefficient (Wildman–Crippen LogP) is 2.31. The number of hydrogen-bond donors (Lipinski definition) is 1. The van der Waals surface area contributed by atoms with Crippen LogP contribution in [0.2, 0.25) is 0 Å². The first-order valence-electron chi connectivity index (χ1n) is 6.46. The Kier molecular flexibility index (Phi) is 4.42. The maximum Gasteiger partial charge on any atom is 0.258 e. The first-order valence-corrected chi connectivity index (χ1v) is 7.25. The third-order valence-electron chi connectivity index (χ3n) is 3.72. The molecule has 4 nitrogen and oxygen atoms in total. The SMILES string of the molecule is CC1CCC(C(N)=O)CN1C(=O)c1c(F)cccc1Br. The summed E-state index contributed by atoms with van der Waals surface area (Å²) in [6, 6.07) is 4.36. The third kappa shape index (κ3) is 2.85. The maximum absolute atomic E-state index is 13.9. The monoisotopic (exact) mass is 342 g/mol. The van der Waals surface area contributed by atoms with Crippen LogP contribution < -0.4 is 5.73 Å². The number of carbonyl (C=O) groups is 2. The molecule has 0 radical (unpaired) electrons. The molecule has 1 aromatic rings. The van der Waals surface area contributed by atoms with Gasteiger partial charge in [-0.15, -0.1) is 0 Å². The highest BCUT2D eigenvalue weighted by Gasteiger charge is 2.33. The molecule has 1 heterocycles. The molecule has 0 bridgehead atoms. The highest BCUT2D eigenvalue weighted by Crippen LogP contribution is 2.27. The highest BCUT2D eigenvalue weighted by atomic mass is 79.9. The summed E-state index contributed by atoms with van der Waals surface area (Å²) in [6.07, 6.45) is 1.35. The van der Waals surface area contributed by atoms with Crippen LogP contribution in [-0.2, 0) is 4.79 Å². The second-order valence-electron chi connectivity index (χ2n) is 5.08. The van der Waals surface area contributed by atoms with Gasteiger partial charge in [0.25, 0.3) is 5.91 Å². The molecule has 2 rings (SSSR count). The smallest absolute Gasteiger partial charge is 0.258 e. The summed E-state index contributed by atoms with van der Waals surface area (Å²) in [5.74, 6) is -1.76. The molecule has 2 N–H and O–H groups in total. The molecule has 0 spiro atoms. The Bertz CT molecular complexity index is 530. The van der Waals surface area contributed by atoms with Crippen LogP contribution in [0.5, 0.6) is 0 Å². The van der Waals surface area contributed by atoms with Crippen molar-refractivity contribution in [2.24, 2.45) is 11.7 Å². The Morgan fingerprint density at radius 1 is 1.40 bits per heavy atom. The van der Waals surface area contributed by atoms with Crippen molar-refractivity contribution < 1.29 is 14.0 Å². The van der Waals surface area contributed by atoms with E-state index in [1.54, 1.807) is 6.07 Å². The molecular formula is C14H16BrFN2O2. The number of likely N-dealkylation sites (tertiary alicyclic amines) is 1. The lowest BCUT2D eigenvalue weighted by atomic mass is 9.92. The number of nitrogens with two attached hydrogens (primary N) is 1. The van der Waals surface area contributed by atoms with Crippen molar-refractivity contribution in [2.45, 2.75) is 25.8 Å². The second-order valence-corrected chi connectivity index (χ2v) is 5.93. The molecule has 2 unspecified atom stereocenters. The topological polar surface area (TPSA) is 63.4 Å². The van der Waals surface area contributed by atoms with Crippen molar-refractivity contribution in [3.05, 3.63) is 34.1 Å². The van der Waals surface area contributed by atoms with E-state index in [9.17, 15) is 14.0 Å². The molecule has 1 aromatic carbocycles. The Hall–Kier alpha value is -1.43. The summed E-state index contributed by atoms with van der Waals surface area (Å²) in [6.45, 7) is 2.14. The minimum atomic E-state index is -0.572. The van der Waals surface area contributed by atoms with E-state index in [4.69, 9.17) is 5.73 Å². The van der Waals surface area contributed by atoms with Crippen LogP contribution in [0.4, 0.5) is 4.39 Å². The second kappa shape index (κ2) is 5.91. The van der Waals surface area contributed by atoms with E-state index >= 15 is 0 Å². The Morgan fingerprint density at radius 2 is 2.10 bits per heavy atom.